The molecule has 1 heterocycles. The standard InChI is InChI=1S/C13H25N3O3/c1-4-12(16-7-10-18-11-8-16)14-13(17)19-9-5-6-15(2)3/h4-11H2,1-3H3/b14-12-. The van der Waals surface area contributed by atoms with E-state index >= 15 is 0 Å². The monoisotopic (exact) mass is 271 g/mol. The molecule has 0 N–H and O–H groups in total. The van der Waals surface area contributed by atoms with E-state index in [0.29, 0.717) is 19.8 Å². The highest BCUT2D eigenvalue weighted by Crippen LogP contribution is 2.03. The molecular weight excluding hydrogens is 246 g/mol. The van der Waals surface area contributed by atoms with Gasteiger partial charge in [-0.25, -0.2) is 4.79 Å². The lowest BCUT2D eigenvalue weighted by Gasteiger charge is -2.29. The number of amidine groups is 1. The minimum absolute atomic E-state index is 0.417. The Morgan fingerprint density at radius 3 is 2.63 bits per heavy atom. The van der Waals surface area contributed by atoms with Crippen molar-refractivity contribution in [1.29, 1.82) is 0 Å². The van der Waals surface area contributed by atoms with Crippen molar-refractivity contribution in [3.8, 4) is 0 Å². The number of nitrogens with zero attached hydrogens (tertiary/aromatic N) is 3. The van der Waals surface area contributed by atoms with Gasteiger partial charge in [0.25, 0.3) is 0 Å². The molecule has 0 unspecified atom stereocenters. The highest BCUT2D eigenvalue weighted by molar-refractivity contribution is 5.91. The van der Waals surface area contributed by atoms with Crippen LogP contribution in [0.25, 0.3) is 0 Å². The topological polar surface area (TPSA) is 54.4 Å². The third-order valence-corrected chi connectivity index (χ3v) is 2.89. The van der Waals surface area contributed by atoms with Crippen LogP contribution < -0.4 is 0 Å². The molecule has 6 heteroatoms. The summed E-state index contributed by atoms with van der Waals surface area (Å²) in [7, 11) is 3.99. The summed E-state index contributed by atoms with van der Waals surface area (Å²) in [6.07, 6.45) is 1.07. The first-order chi connectivity index (χ1) is 9.13. The number of morpholine rings is 1. The molecule has 0 aromatic rings. The highest BCUT2D eigenvalue weighted by Gasteiger charge is 2.15. The molecule has 6 nitrogen and oxygen atoms in total. The van der Waals surface area contributed by atoms with Gasteiger partial charge in [-0.3, -0.25) is 0 Å². The molecule has 0 aromatic heterocycles. The second-order valence-electron chi connectivity index (χ2n) is 4.75. The number of hydrogen-bond acceptors (Lipinski definition) is 4. The average molecular weight is 271 g/mol. The van der Waals surface area contributed by atoms with Crippen LogP contribution in [0.3, 0.4) is 0 Å². The molecule has 1 amide bonds. The van der Waals surface area contributed by atoms with E-state index in [-0.39, 0.29) is 0 Å². The number of ether oxygens (including phenoxy) is 2. The Balaban J connectivity index is 2.34. The molecule has 1 fully saturated rings. The predicted molar refractivity (Wildman–Crippen MR) is 74.6 cm³/mol. The Morgan fingerprint density at radius 1 is 1.37 bits per heavy atom. The lowest BCUT2D eigenvalue weighted by molar-refractivity contribution is 0.0670. The van der Waals surface area contributed by atoms with Gasteiger partial charge in [0.05, 0.1) is 19.8 Å². The quantitative estimate of drug-likeness (QED) is 0.427. The van der Waals surface area contributed by atoms with Crippen molar-refractivity contribution >= 4 is 11.9 Å². The summed E-state index contributed by atoms with van der Waals surface area (Å²) in [4.78, 5) is 19.8. The van der Waals surface area contributed by atoms with Crippen LogP contribution in [0.15, 0.2) is 4.99 Å². The third-order valence-electron chi connectivity index (χ3n) is 2.89. The number of carbonyl (C=O) groups is 1. The Bertz CT molecular complexity index is 300. The molecule has 1 aliphatic rings. The lowest BCUT2D eigenvalue weighted by Crippen LogP contribution is -2.40. The molecule has 0 saturated carbocycles. The van der Waals surface area contributed by atoms with E-state index in [2.05, 4.69) is 14.8 Å². The number of hydrogen-bond donors (Lipinski definition) is 0. The van der Waals surface area contributed by atoms with Crippen LogP contribution in [0.4, 0.5) is 4.79 Å². The van der Waals surface area contributed by atoms with Gasteiger partial charge in [-0.15, -0.1) is 0 Å². The van der Waals surface area contributed by atoms with Crippen molar-refractivity contribution in [3.63, 3.8) is 0 Å². The van der Waals surface area contributed by atoms with E-state index in [1.165, 1.54) is 0 Å². The van der Waals surface area contributed by atoms with E-state index < -0.39 is 6.09 Å². The summed E-state index contributed by atoms with van der Waals surface area (Å²) in [5.74, 6) is 0.793. The molecule has 110 valence electrons. The molecule has 0 aromatic carbocycles. The summed E-state index contributed by atoms with van der Waals surface area (Å²) in [5.41, 5.74) is 0. The molecule has 0 aliphatic carbocycles. The summed E-state index contributed by atoms with van der Waals surface area (Å²) >= 11 is 0. The van der Waals surface area contributed by atoms with Crippen LogP contribution in [0.1, 0.15) is 19.8 Å². The number of aliphatic imine (C=N–C) groups is 1. The first-order valence-corrected chi connectivity index (χ1v) is 6.85. The Hall–Kier alpha value is -1.14. The van der Waals surface area contributed by atoms with Crippen LogP contribution in [0.2, 0.25) is 0 Å². The van der Waals surface area contributed by atoms with Gasteiger partial charge >= 0.3 is 6.09 Å². The van der Waals surface area contributed by atoms with Gasteiger partial charge < -0.3 is 19.3 Å². The van der Waals surface area contributed by atoms with Crippen LogP contribution in [0.5, 0.6) is 0 Å². The van der Waals surface area contributed by atoms with Crippen molar-refractivity contribution in [2.75, 3.05) is 53.6 Å². The minimum Gasteiger partial charge on any atom is -0.448 e. The van der Waals surface area contributed by atoms with Gasteiger partial charge in [-0.2, -0.15) is 4.99 Å². The van der Waals surface area contributed by atoms with Gasteiger partial charge in [0.1, 0.15) is 5.84 Å². The van der Waals surface area contributed by atoms with Crippen LogP contribution in [-0.4, -0.2) is 75.3 Å². The fourth-order valence-corrected chi connectivity index (χ4v) is 1.87. The van der Waals surface area contributed by atoms with Crippen molar-refractivity contribution in [3.05, 3.63) is 0 Å². The lowest BCUT2D eigenvalue weighted by atomic mass is 10.3. The van der Waals surface area contributed by atoms with E-state index in [0.717, 1.165) is 38.3 Å². The maximum absolute atomic E-state index is 11.6. The Kier molecular flexibility index (Phi) is 7.43. The second-order valence-corrected chi connectivity index (χ2v) is 4.75. The number of carbonyl (C=O) groups excluding carboxylic acids is 1. The first-order valence-electron chi connectivity index (χ1n) is 6.85. The van der Waals surface area contributed by atoms with E-state index in [9.17, 15) is 4.79 Å². The van der Waals surface area contributed by atoms with E-state index in [4.69, 9.17) is 9.47 Å². The maximum Gasteiger partial charge on any atom is 0.435 e. The smallest absolute Gasteiger partial charge is 0.435 e. The summed E-state index contributed by atoms with van der Waals surface area (Å²) in [6, 6.07) is 0. The van der Waals surface area contributed by atoms with Gasteiger partial charge in [-0.1, -0.05) is 6.92 Å². The van der Waals surface area contributed by atoms with E-state index in [1.807, 2.05) is 21.0 Å². The minimum atomic E-state index is -0.484. The Morgan fingerprint density at radius 2 is 2.05 bits per heavy atom. The zero-order chi connectivity index (χ0) is 14.1. The highest BCUT2D eigenvalue weighted by atomic mass is 16.5. The summed E-state index contributed by atoms with van der Waals surface area (Å²) < 4.78 is 10.4. The van der Waals surface area contributed by atoms with Crippen LogP contribution >= 0.6 is 0 Å². The molecular formula is C13H25N3O3. The molecule has 0 atom stereocenters. The molecule has 0 spiro atoms. The first kappa shape index (κ1) is 15.9. The zero-order valence-corrected chi connectivity index (χ0v) is 12.2. The molecule has 1 rings (SSSR count). The predicted octanol–water partition coefficient (Wildman–Crippen LogP) is 1.22. The molecule has 1 aliphatic heterocycles. The van der Waals surface area contributed by atoms with Crippen molar-refractivity contribution in [1.82, 2.24) is 9.80 Å². The number of rotatable bonds is 5. The molecule has 0 radical (unpaired) electrons. The normalized spacial score (nSPS) is 16.8. The van der Waals surface area contributed by atoms with Gasteiger partial charge in [0.15, 0.2) is 0 Å². The van der Waals surface area contributed by atoms with Gasteiger partial charge in [0, 0.05) is 26.1 Å². The second kappa shape index (κ2) is 8.87. The van der Waals surface area contributed by atoms with Crippen molar-refractivity contribution in [2.45, 2.75) is 19.8 Å². The van der Waals surface area contributed by atoms with Crippen LogP contribution in [0, 0.1) is 0 Å². The van der Waals surface area contributed by atoms with Gasteiger partial charge in [0.2, 0.25) is 0 Å². The van der Waals surface area contributed by atoms with Gasteiger partial charge in [-0.05, 0) is 20.5 Å². The van der Waals surface area contributed by atoms with Crippen LogP contribution in [-0.2, 0) is 9.47 Å². The zero-order valence-electron chi connectivity index (χ0n) is 12.2. The molecule has 0 bridgehead atoms. The average Bonchev–Trinajstić information content (AvgIpc) is 2.41. The van der Waals surface area contributed by atoms with Crippen molar-refractivity contribution < 1.29 is 14.3 Å². The molecule has 19 heavy (non-hydrogen) atoms. The fraction of sp³-hybridized carbons (Fsp3) is 0.846. The van der Waals surface area contributed by atoms with E-state index in [1.54, 1.807) is 0 Å². The largest absolute Gasteiger partial charge is 0.448 e. The molecule has 1 saturated heterocycles. The number of amides is 1. The summed E-state index contributed by atoms with van der Waals surface area (Å²) in [5, 5.41) is 0. The third kappa shape index (κ3) is 6.54. The fourth-order valence-electron chi connectivity index (χ4n) is 1.87. The summed E-state index contributed by atoms with van der Waals surface area (Å²) in [6.45, 7) is 6.28. The van der Waals surface area contributed by atoms with Crippen molar-refractivity contribution in [2.24, 2.45) is 4.99 Å². The SMILES string of the molecule is CC/C(=N/C(=O)OCCCN(C)C)N1CCOCC1. The Labute approximate surface area is 115 Å². The maximum atomic E-state index is 11.6.